The number of para-hydroxylation sites is 1. The molecular formula is C27H32F3N3O3. The number of nitrogens with zero attached hydrogens (tertiary/aromatic N) is 2. The maximum atomic E-state index is 13.4. The van der Waals surface area contributed by atoms with Gasteiger partial charge < -0.3 is 19.5 Å². The topological polar surface area (TPSA) is 65.6 Å². The van der Waals surface area contributed by atoms with Crippen molar-refractivity contribution in [1.82, 2.24) is 14.8 Å². The number of ether oxygens (including phenoxy) is 1. The minimum Gasteiger partial charge on any atom is -0.385 e. The van der Waals surface area contributed by atoms with E-state index in [0.717, 1.165) is 28.6 Å². The second-order valence-corrected chi connectivity index (χ2v) is 8.63. The Morgan fingerprint density at radius 1 is 0.972 bits per heavy atom. The van der Waals surface area contributed by atoms with Crippen LogP contribution in [0.15, 0.2) is 54.7 Å². The van der Waals surface area contributed by atoms with Crippen LogP contribution in [-0.2, 0) is 33.5 Å². The van der Waals surface area contributed by atoms with Gasteiger partial charge in [-0.25, -0.2) is 0 Å². The molecule has 0 radical (unpaired) electrons. The molecule has 1 aromatic heterocycles. The van der Waals surface area contributed by atoms with E-state index in [1.807, 2.05) is 30.5 Å². The molecule has 36 heavy (non-hydrogen) atoms. The van der Waals surface area contributed by atoms with Gasteiger partial charge in [0.2, 0.25) is 11.8 Å². The molecule has 0 spiro atoms. The van der Waals surface area contributed by atoms with Gasteiger partial charge in [-0.1, -0.05) is 37.3 Å². The smallest absolute Gasteiger partial charge is 0.385 e. The monoisotopic (exact) mass is 503 g/mol. The molecule has 9 heteroatoms. The first kappa shape index (κ1) is 27.3. The fourth-order valence-electron chi connectivity index (χ4n) is 4.08. The lowest BCUT2D eigenvalue weighted by molar-refractivity contribution is -0.140. The maximum Gasteiger partial charge on any atom is 0.416 e. The van der Waals surface area contributed by atoms with Crippen molar-refractivity contribution in [2.45, 2.75) is 38.9 Å². The van der Waals surface area contributed by atoms with Crippen LogP contribution in [0.4, 0.5) is 13.2 Å². The quantitative estimate of drug-likeness (QED) is 0.353. The molecule has 0 aliphatic heterocycles. The average Bonchev–Trinajstić information content (AvgIpc) is 3.28. The zero-order chi connectivity index (χ0) is 26.1. The number of hydrogen-bond donors (Lipinski definition) is 1. The van der Waals surface area contributed by atoms with Crippen LogP contribution in [0.1, 0.15) is 36.5 Å². The predicted octanol–water partition coefficient (Wildman–Crippen LogP) is 5.03. The van der Waals surface area contributed by atoms with Crippen molar-refractivity contribution >= 4 is 22.7 Å². The average molecular weight is 504 g/mol. The molecule has 1 N–H and O–H groups in total. The lowest BCUT2D eigenvalue weighted by atomic mass is 10.1. The Kier molecular flexibility index (Phi) is 9.52. The van der Waals surface area contributed by atoms with E-state index in [9.17, 15) is 22.8 Å². The first-order chi connectivity index (χ1) is 17.2. The molecule has 6 nitrogen and oxygen atoms in total. The Morgan fingerprint density at radius 3 is 2.36 bits per heavy atom. The summed E-state index contributed by atoms with van der Waals surface area (Å²) < 4.78 is 44.0. The van der Waals surface area contributed by atoms with Crippen molar-refractivity contribution in [1.29, 1.82) is 0 Å². The van der Waals surface area contributed by atoms with Crippen LogP contribution in [0.25, 0.3) is 10.9 Å². The first-order valence-electron chi connectivity index (χ1n) is 12.0. The zero-order valence-corrected chi connectivity index (χ0v) is 20.6. The van der Waals surface area contributed by atoms with Crippen LogP contribution in [0, 0.1) is 0 Å². The van der Waals surface area contributed by atoms with Gasteiger partial charge in [0, 0.05) is 56.9 Å². The third-order valence-corrected chi connectivity index (χ3v) is 6.09. The number of aromatic amines is 1. The maximum absolute atomic E-state index is 13.4. The van der Waals surface area contributed by atoms with E-state index < -0.39 is 11.7 Å². The minimum absolute atomic E-state index is 0.0924. The van der Waals surface area contributed by atoms with Crippen LogP contribution in [0.2, 0.25) is 0 Å². The van der Waals surface area contributed by atoms with Gasteiger partial charge in [-0.2, -0.15) is 13.2 Å². The van der Waals surface area contributed by atoms with E-state index in [4.69, 9.17) is 4.74 Å². The van der Waals surface area contributed by atoms with Crippen molar-refractivity contribution < 1.29 is 27.5 Å². The SMILES string of the molecule is CCC(=O)N(CCCOC)CC(=O)N(CCc1c[nH]c2ccccc12)Cc1ccc(C(F)(F)F)cc1. The molecule has 0 saturated carbocycles. The molecule has 0 bridgehead atoms. The normalized spacial score (nSPS) is 11.6. The Bertz CT molecular complexity index is 1140. The molecule has 0 unspecified atom stereocenters. The summed E-state index contributed by atoms with van der Waals surface area (Å²) in [4.78, 5) is 32.2. The highest BCUT2D eigenvalue weighted by molar-refractivity contribution is 5.85. The standard InChI is InChI=1S/C27H32F3N3O3/c1-3-25(34)32(14-6-16-36-2)19-26(35)33(18-20-9-11-22(12-10-20)27(28,29)30)15-13-21-17-31-24-8-5-4-7-23(21)24/h4-5,7-12,17,31H,3,6,13-16,18-19H2,1-2H3. The molecule has 0 aliphatic carbocycles. The summed E-state index contributed by atoms with van der Waals surface area (Å²) in [7, 11) is 1.58. The second kappa shape index (κ2) is 12.6. The lowest BCUT2D eigenvalue weighted by Gasteiger charge is -2.28. The lowest BCUT2D eigenvalue weighted by Crippen LogP contribution is -2.43. The van der Waals surface area contributed by atoms with Crippen LogP contribution in [0.3, 0.4) is 0 Å². The molecule has 1 heterocycles. The van der Waals surface area contributed by atoms with Gasteiger partial charge in [-0.15, -0.1) is 0 Å². The van der Waals surface area contributed by atoms with Crippen molar-refractivity contribution in [2.75, 3.05) is 33.4 Å². The van der Waals surface area contributed by atoms with E-state index in [1.165, 1.54) is 17.0 Å². The number of carbonyl (C=O) groups is 2. The number of methoxy groups -OCH3 is 1. The molecule has 2 amide bonds. The first-order valence-corrected chi connectivity index (χ1v) is 12.0. The Labute approximate surface area is 209 Å². The number of hydrogen-bond acceptors (Lipinski definition) is 3. The molecule has 2 aromatic carbocycles. The number of benzene rings is 2. The Morgan fingerprint density at radius 2 is 1.69 bits per heavy atom. The van der Waals surface area contributed by atoms with Crippen LogP contribution in [-0.4, -0.2) is 59.9 Å². The molecule has 0 saturated heterocycles. The molecule has 0 atom stereocenters. The van der Waals surface area contributed by atoms with Crippen LogP contribution < -0.4 is 0 Å². The minimum atomic E-state index is -4.42. The van der Waals surface area contributed by atoms with Crippen molar-refractivity contribution in [3.63, 3.8) is 0 Å². The summed E-state index contributed by atoms with van der Waals surface area (Å²) in [6, 6.07) is 12.7. The Balaban J connectivity index is 1.78. The van der Waals surface area contributed by atoms with Gasteiger partial charge in [-0.3, -0.25) is 9.59 Å². The van der Waals surface area contributed by atoms with Gasteiger partial charge in [-0.05, 0) is 42.2 Å². The third-order valence-electron chi connectivity index (χ3n) is 6.09. The van der Waals surface area contributed by atoms with Crippen molar-refractivity contribution in [3.05, 3.63) is 71.4 Å². The number of halogens is 3. The van der Waals surface area contributed by atoms with Crippen molar-refractivity contribution in [3.8, 4) is 0 Å². The summed E-state index contributed by atoms with van der Waals surface area (Å²) in [5.74, 6) is -0.389. The molecule has 3 rings (SSSR count). The van der Waals surface area contributed by atoms with Gasteiger partial charge in [0.25, 0.3) is 0 Å². The number of alkyl halides is 3. The summed E-state index contributed by atoms with van der Waals surface area (Å²) in [5, 5.41) is 1.06. The fraction of sp³-hybridized carbons (Fsp3) is 0.407. The number of H-pyrrole nitrogens is 1. The predicted molar refractivity (Wildman–Crippen MR) is 132 cm³/mol. The zero-order valence-electron chi connectivity index (χ0n) is 20.6. The van der Waals surface area contributed by atoms with Gasteiger partial charge in [0.05, 0.1) is 12.1 Å². The van der Waals surface area contributed by atoms with Gasteiger partial charge >= 0.3 is 6.18 Å². The Hall–Kier alpha value is -3.33. The number of aromatic nitrogens is 1. The number of nitrogens with one attached hydrogen (secondary N) is 1. The molecule has 3 aromatic rings. The summed E-state index contributed by atoms with van der Waals surface area (Å²) in [5.41, 5.74) is 1.88. The van der Waals surface area contributed by atoms with E-state index in [1.54, 1.807) is 18.9 Å². The van der Waals surface area contributed by atoms with Crippen molar-refractivity contribution in [2.24, 2.45) is 0 Å². The third kappa shape index (κ3) is 7.34. The largest absolute Gasteiger partial charge is 0.416 e. The van der Waals surface area contributed by atoms with E-state index in [2.05, 4.69) is 4.98 Å². The number of fused-ring (bicyclic) bond motifs is 1. The number of amides is 2. The highest BCUT2D eigenvalue weighted by Crippen LogP contribution is 2.29. The number of carbonyl (C=O) groups excluding carboxylic acids is 2. The fourth-order valence-corrected chi connectivity index (χ4v) is 4.08. The van der Waals surface area contributed by atoms with Gasteiger partial charge in [0.1, 0.15) is 0 Å². The second-order valence-electron chi connectivity index (χ2n) is 8.63. The molecular weight excluding hydrogens is 471 g/mol. The molecule has 0 fully saturated rings. The molecule has 0 aliphatic rings. The summed E-state index contributed by atoms with van der Waals surface area (Å²) in [6.07, 6.45) is -1.09. The van der Waals surface area contributed by atoms with E-state index in [-0.39, 0.29) is 31.3 Å². The summed E-state index contributed by atoms with van der Waals surface area (Å²) >= 11 is 0. The van der Waals surface area contributed by atoms with E-state index >= 15 is 0 Å². The van der Waals surface area contributed by atoms with Gasteiger partial charge in [0.15, 0.2) is 0 Å². The van der Waals surface area contributed by atoms with E-state index in [0.29, 0.717) is 38.1 Å². The van der Waals surface area contributed by atoms with Crippen LogP contribution >= 0.6 is 0 Å². The van der Waals surface area contributed by atoms with Crippen LogP contribution in [0.5, 0.6) is 0 Å². The highest BCUT2D eigenvalue weighted by atomic mass is 19.4. The molecule has 194 valence electrons. The summed E-state index contributed by atoms with van der Waals surface area (Å²) in [6.45, 7) is 3.01. The highest BCUT2D eigenvalue weighted by Gasteiger charge is 2.30. The number of rotatable bonds is 12.